The standard InChI is InChI=1S/C13H9Br2NO4S/c14-9-3-6-11(15)12(7-9)21(19,20)16-10-4-1-8(2-5-10)13(17)18/h1-7,16H,(H,17,18). The van der Waals surface area contributed by atoms with Crippen LogP contribution in [0, 0.1) is 0 Å². The van der Waals surface area contributed by atoms with E-state index in [2.05, 4.69) is 36.6 Å². The van der Waals surface area contributed by atoms with Crippen molar-refractivity contribution in [1.29, 1.82) is 0 Å². The van der Waals surface area contributed by atoms with E-state index in [1.165, 1.54) is 30.3 Å². The third-order valence-corrected chi connectivity index (χ3v) is 5.44. The molecule has 2 aromatic carbocycles. The lowest BCUT2D eigenvalue weighted by Crippen LogP contribution is -2.13. The van der Waals surface area contributed by atoms with E-state index in [1.807, 2.05) is 0 Å². The summed E-state index contributed by atoms with van der Waals surface area (Å²) >= 11 is 6.41. The first-order valence-electron chi connectivity index (χ1n) is 5.61. The predicted octanol–water partition coefficient (Wildman–Crippen LogP) is 3.71. The van der Waals surface area contributed by atoms with Gasteiger partial charge in [0.05, 0.1) is 5.56 Å². The summed E-state index contributed by atoms with van der Waals surface area (Å²) in [6, 6.07) is 10.3. The van der Waals surface area contributed by atoms with Crippen LogP contribution in [0.15, 0.2) is 56.3 Å². The Kier molecular flexibility index (Phi) is 4.70. The summed E-state index contributed by atoms with van der Waals surface area (Å²) in [6.45, 7) is 0. The number of benzene rings is 2. The Balaban J connectivity index is 2.33. The number of halogens is 2. The average molecular weight is 435 g/mol. The van der Waals surface area contributed by atoms with Gasteiger partial charge >= 0.3 is 5.97 Å². The Morgan fingerprint density at radius 2 is 1.67 bits per heavy atom. The number of carboxylic acid groups (broad SMARTS) is 1. The molecule has 0 radical (unpaired) electrons. The number of sulfonamides is 1. The van der Waals surface area contributed by atoms with Crippen LogP contribution in [0.5, 0.6) is 0 Å². The van der Waals surface area contributed by atoms with Gasteiger partial charge in [-0.1, -0.05) is 15.9 Å². The van der Waals surface area contributed by atoms with E-state index in [9.17, 15) is 13.2 Å². The number of hydrogen-bond acceptors (Lipinski definition) is 3. The Morgan fingerprint density at radius 1 is 1.05 bits per heavy atom. The molecule has 0 atom stereocenters. The molecule has 0 aliphatic heterocycles. The molecule has 0 spiro atoms. The molecule has 0 saturated carbocycles. The van der Waals surface area contributed by atoms with Crippen LogP contribution in [-0.4, -0.2) is 19.5 Å². The molecule has 0 aliphatic rings. The Morgan fingerprint density at radius 3 is 2.24 bits per heavy atom. The molecule has 2 rings (SSSR count). The third-order valence-electron chi connectivity index (χ3n) is 2.57. The molecule has 0 amide bonds. The van der Waals surface area contributed by atoms with Gasteiger partial charge in [0.2, 0.25) is 0 Å². The molecule has 0 bridgehead atoms. The van der Waals surface area contributed by atoms with Crippen molar-refractivity contribution in [2.24, 2.45) is 0 Å². The average Bonchev–Trinajstić information content (AvgIpc) is 2.41. The molecule has 0 aliphatic carbocycles. The predicted molar refractivity (Wildman–Crippen MR) is 86.1 cm³/mol. The fourth-order valence-corrected chi connectivity index (χ4v) is 4.14. The van der Waals surface area contributed by atoms with E-state index in [1.54, 1.807) is 12.1 Å². The fraction of sp³-hybridized carbons (Fsp3) is 0. The molecular formula is C13H9Br2NO4S. The molecule has 0 saturated heterocycles. The maximum absolute atomic E-state index is 12.3. The molecule has 110 valence electrons. The first-order valence-corrected chi connectivity index (χ1v) is 8.68. The molecule has 21 heavy (non-hydrogen) atoms. The normalized spacial score (nSPS) is 11.1. The summed E-state index contributed by atoms with van der Waals surface area (Å²) in [4.78, 5) is 10.8. The number of carboxylic acids is 1. The summed E-state index contributed by atoms with van der Waals surface area (Å²) in [5, 5.41) is 8.80. The van der Waals surface area contributed by atoms with Crippen LogP contribution in [0.4, 0.5) is 5.69 Å². The molecule has 8 heteroatoms. The molecule has 5 nitrogen and oxygen atoms in total. The van der Waals surface area contributed by atoms with Crippen molar-refractivity contribution >= 4 is 53.5 Å². The molecule has 0 aromatic heterocycles. The SMILES string of the molecule is O=C(O)c1ccc(NS(=O)(=O)c2cc(Br)ccc2Br)cc1. The van der Waals surface area contributed by atoms with Crippen molar-refractivity contribution in [2.75, 3.05) is 4.72 Å². The topological polar surface area (TPSA) is 83.5 Å². The minimum absolute atomic E-state index is 0.0826. The van der Waals surface area contributed by atoms with Gasteiger partial charge in [0, 0.05) is 14.6 Å². The van der Waals surface area contributed by atoms with Crippen molar-refractivity contribution in [1.82, 2.24) is 0 Å². The largest absolute Gasteiger partial charge is 0.478 e. The van der Waals surface area contributed by atoms with E-state index in [0.717, 1.165) is 0 Å². The highest BCUT2D eigenvalue weighted by atomic mass is 79.9. The van der Waals surface area contributed by atoms with Crippen LogP contribution in [0.3, 0.4) is 0 Å². The summed E-state index contributed by atoms with van der Waals surface area (Å²) < 4.78 is 28.1. The van der Waals surface area contributed by atoms with Crippen LogP contribution in [-0.2, 0) is 10.0 Å². The second-order valence-electron chi connectivity index (χ2n) is 4.06. The zero-order valence-corrected chi connectivity index (χ0v) is 14.4. The number of aromatic carboxylic acids is 1. The Hall–Kier alpha value is -1.38. The zero-order chi connectivity index (χ0) is 15.6. The van der Waals surface area contributed by atoms with Crippen LogP contribution in [0.1, 0.15) is 10.4 Å². The van der Waals surface area contributed by atoms with Crippen LogP contribution < -0.4 is 4.72 Å². The van der Waals surface area contributed by atoms with E-state index in [-0.39, 0.29) is 16.1 Å². The second-order valence-corrected chi connectivity index (χ2v) is 7.48. The monoisotopic (exact) mass is 433 g/mol. The van der Waals surface area contributed by atoms with E-state index >= 15 is 0 Å². The summed E-state index contributed by atoms with van der Waals surface area (Å²) in [5.41, 5.74) is 0.369. The Bertz CT molecular complexity index is 788. The van der Waals surface area contributed by atoms with Crippen molar-refractivity contribution in [3.05, 3.63) is 57.0 Å². The molecular weight excluding hydrogens is 426 g/mol. The highest BCUT2D eigenvalue weighted by molar-refractivity contribution is 9.11. The van der Waals surface area contributed by atoms with Crippen molar-refractivity contribution in [2.45, 2.75) is 4.90 Å². The summed E-state index contributed by atoms with van der Waals surface area (Å²) in [7, 11) is -3.77. The van der Waals surface area contributed by atoms with Crippen molar-refractivity contribution in [3.8, 4) is 0 Å². The first kappa shape index (κ1) is 16.0. The van der Waals surface area contributed by atoms with Gasteiger partial charge in [-0.05, 0) is 58.4 Å². The highest BCUT2D eigenvalue weighted by Gasteiger charge is 2.18. The smallest absolute Gasteiger partial charge is 0.335 e. The number of nitrogens with one attached hydrogen (secondary N) is 1. The van der Waals surface area contributed by atoms with Gasteiger partial charge in [0.15, 0.2) is 0 Å². The fourth-order valence-electron chi connectivity index (χ4n) is 1.57. The quantitative estimate of drug-likeness (QED) is 0.768. The number of anilines is 1. The first-order chi connectivity index (χ1) is 9.79. The Labute approximate surface area is 138 Å². The van der Waals surface area contributed by atoms with Gasteiger partial charge < -0.3 is 5.11 Å². The molecule has 0 unspecified atom stereocenters. The van der Waals surface area contributed by atoms with Gasteiger partial charge in [-0.2, -0.15) is 0 Å². The minimum Gasteiger partial charge on any atom is -0.478 e. The minimum atomic E-state index is -3.77. The molecule has 2 aromatic rings. The zero-order valence-electron chi connectivity index (χ0n) is 10.4. The van der Waals surface area contributed by atoms with E-state index in [4.69, 9.17) is 5.11 Å². The summed E-state index contributed by atoms with van der Waals surface area (Å²) in [5.74, 6) is -1.07. The molecule has 0 fully saturated rings. The van der Waals surface area contributed by atoms with Gasteiger partial charge in [0.1, 0.15) is 4.90 Å². The van der Waals surface area contributed by atoms with E-state index in [0.29, 0.717) is 8.95 Å². The van der Waals surface area contributed by atoms with Gasteiger partial charge in [-0.3, -0.25) is 4.72 Å². The lowest BCUT2D eigenvalue weighted by atomic mass is 10.2. The lowest BCUT2D eigenvalue weighted by Gasteiger charge is -2.10. The highest BCUT2D eigenvalue weighted by Crippen LogP contribution is 2.27. The maximum Gasteiger partial charge on any atom is 0.335 e. The number of rotatable bonds is 4. The third kappa shape index (κ3) is 3.84. The summed E-state index contributed by atoms with van der Waals surface area (Å²) in [6.07, 6.45) is 0. The number of hydrogen-bond donors (Lipinski definition) is 2. The van der Waals surface area contributed by atoms with Crippen molar-refractivity contribution < 1.29 is 18.3 Å². The van der Waals surface area contributed by atoms with Crippen LogP contribution in [0.25, 0.3) is 0 Å². The molecule has 0 heterocycles. The maximum atomic E-state index is 12.3. The van der Waals surface area contributed by atoms with Crippen LogP contribution >= 0.6 is 31.9 Å². The van der Waals surface area contributed by atoms with E-state index < -0.39 is 16.0 Å². The van der Waals surface area contributed by atoms with Gasteiger partial charge in [-0.25, -0.2) is 13.2 Å². The van der Waals surface area contributed by atoms with Gasteiger partial charge in [-0.15, -0.1) is 0 Å². The van der Waals surface area contributed by atoms with Crippen LogP contribution in [0.2, 0.25) is 0 Å². The van der Waals surface area contributed by atoms with Crippen molar-refractivity contribution in [3.63, 3.8) is 0 Å². The number of carbonyl (C=O) groups is 1. The van der Waals surface area contributed by atoms with Gasteiger partial charge in [0.25, 0.3) is 10.0 Å². The second kappa shape index (κ2) is 6.17. The molecule has 2 N–H and O–H groups in total. The lowest BCUT2D eigenvalue weighted by molar-refractivity contribution is 0.0697.